The standard InChI is InChI=1S/C13H14F2N4O/c1-3-16-12-9(14)6-8(7-10(12)15)13(20)18-11-4-5-17-19(11)2/h4-7,16H,3H2,1-2H3,(H,18,20). The molecule has 0 bridgehead atoms. The summed E-state index contributed by atoms with van der Waals surface area (Å²) in [4.78, 5) is 11.9. The highest BCUT2D eigenvalue weighted by Gasteiger charge is 2.15. The lowest BCUT2D eigenvalue weighted by Crippen LogP contribution is -2.15. The van der Waals surface area contributed by atoms with Crippen LogP contribution in [-0.4, -0.2) is 22.2 Å². The van der Waals surface area contributed by atoms with Crippen molar-refractivity contribution in [3.63, 3.8) is 0 Å². The zero-order valence-electron chi connectivity index (χ0n) is 11.1. The number of hydrogen-bond donors (Lipinski definition) is 2. The number of anilines is 2. The van der Waals surface area contributed by atoms with Crippen molar-refractivity contribution in [1.29, 1.82) is 0 Å². The van der Waals surface area contributed by atoms with Gasteiger partial charge in [-0.3, -0.25) is 9.48 Å². The first-order valence-electron chi connectivity index (χ1n) is 6.05. The summed E-state index contributed by atoms with van der Waals surface area (Å²) >= 11 is 0. The molecule has 0 aliphatic heterocycles. The molecule has 2 rings (SSSR count). The number of benzene rings is 1. The van der Waals surface area contributed by atoms with Gasteiger partial charge in [-0.2, -0.15) is 5.10 Å². The lowest BCUT2D eigenvalue weighted by Gasteiger charge is -2.09. The molecule has 1 heterocycles. The van der Waals surface area contributed by atoms with Crippen LogP contribution in [0.15, 0.2) is 24.4 Å². The maximum absolute atomic E-state index is 13.7. The fraction of sp³-hybridized carbons (Fsp3) is 0.231. The van der Waals surface area contributed by atoms with Crippen LogP contribution in [0.2, 0.25) is 0 Å². The predicted octanol–water partition coefficient (Wildman–Crippen LogP) is 2.38. The molecule has 1 aromatic carbocycles. The third-order valence-corrected chi connectivity index (χ3v) is 2.72. The Morgan fingerprint density at radius 1 is 1.35 bits per heavy atom. The molecule has 20 heavy (non-hydrogen) atoms. The highest BCUT2D eigenvalue weighted by atomic mass is 19.1. The molecule has 0 saturated carbocycles. The highest BCUT2D eigenvalue weighted by Crippen LogP contribution is 2.21. The number of halogens is 2. The van der Waals surface area contributed by atoms with Crippen LogP contribution in [-0.2, 0) is 7.05 Å². The van der Waals surface area contributed by atoms with Crippen molar-refractivity contribution >= 4 is 17.4 Å². The van der Waals surface area contributed by atoms with Crippen LogP contribution < -0.4 is 10.6 Å². The number of rotatable bonds is 4. The first kappa shape index (κ1) is 14.0. The average Bonchev–Trinajstić information content (AvgIpc) is 2.79. The van der Waals surface area contributed by atoms with Gasteiger partial charge in [0.2, 0.25) is 0 Å². The molecule has 5 nitrogen and oxygen atoms in total. The maximum atomic E-state index is 13.7. The molecule has 0 fully saturated rings. The van der Waals surface area contributed by atoms with E-state index in [-0.39, 0.29) is 11.3 Å². The van der Waals surface area contributed by atoms with Crippen molar-refractivity contribution in [3.05, 3.63) is 41.6 Å². The second-order valence-electron chi connectivity index (χ2n) is 4.14. The van der Waals surface area contributed by atoms with Crippen LogP contribution in [0.3, 0.4) is 0 Å². The molecule has 2 aromatic rings. The van der Waals surface area contributed by atoms with Crippen LogP contribution in [0, 0.1) is 11.6 Å². The Bertz CT molecular complexity index is 616. The van der Waals surface area contributed by atoms with Gasteiger partial charge in [-0.15, -0.1) is 0 Å². The number of carbonyl (C=O) groups is 1. The zero-order chi connectivity index (χ0) is 14.7. The van der Waals surface area contributed by atoms with Crippen molar-refractivity contribution < 1.29 is 13.6 Å². The van der Waals surface area contributed by atoms with Crippen molar-refractivity contribution in [2.24, 2.45) is 7.05 Å². The van der Waals surface area contributed by atoms with Crippen molar-refractivity contribution in [2.75, 3.05) is 17.2 Å². The molecule has 0 aliphatic rings. The minimum atomic E-state index is -0.804. The predicted molar refractivity (Wildman–Crippen MR) is 71.7 cm³/mol. The SMILES string of the molecule is CCNc1c(F)cc(C(=O)Nc2ccnn2C)cc1F. The van der Waals surface area contributed by atoms with E-state index in [1.165, 1.54) is 10.9 Å². The van der Waals surface area contributed by atoms with Gasteiger partial charge in [-0.05, 0) is 19.1 Å². The third-order valence-electron chi connectivity index (χ3n) is 2.72. The molecule has 0 radical (unpaired) electrons. The van der Waals surface area contributed by atoms with Crippen molar-refractivity contribution in [2.45, 2.75) is 6.92 Å². The number of nitrogens with one attached hydrogen (secondary N) is 2. The highest BCUT2D eigenvalue weighted by molar-refractivity contribution is 6.04. The Balaban J connectivity index is 2.25. The average molecular weight is 280 g/mol. The first-order valence-corrected chi connectivity index (χ1v) is 6.05. The summed E-state index contributed by atoms with van der Waals surface area (Å²) in [7, 11) is 1.64. The molecular weight excluding hydrogens is 266 g/mol. The molecule has 0 spiro atoms. The van der Waals surface area contributed by atoms with Gasteiger partial charge in [0.05, 0.1) is 6.20 Å². The second kappa shape index (κ2) is 5.68. The lowest BCUT2D eigenvalue weighted by molar-refractivity contribution is 0.102. The quantitative estimate of drug-likeness (QED) is 0.904. The zero-order valence-corrected chi connectivity index (χ0v) is 11.1. The summed E-state index contributed by atoms with van der Waals surface area (Å²) in [5, 5.41) is 8.97. The number of hydrogen-bond acceptors (Lipinski definition) is 3. The van der Waals surface area contributed by atoms with E-state index in [1.54, 1.807) is 20.0 Å². The normalized spacial score (nSPS) is 10.4. The van der Waals surface area contributed by atoms with Gasteiger partial charge >= 0.3 is 0 Å². The van der Waals surface area contributed by atoms with Gasteiger partial charge in [-0.1, -0.05) is 0 Å². The largest absolute Gasteiger partial charge is 0.381 e. The van der Waals surface area contributed by atoms with E-state index in [2.05, 4.69) is 15.7 Å². The Hall–Kier alpha value is -2.44. The molecule has 1 amide bonds. The summed E-state index contributed by atoms with van der Waals surface area (Å²) < 4.78 is 28.9. The van der Waals surface area contributed by atoms with E-state index in [0.717, 1.165) is 12.1 Å². The Morgan fingerprint density at radius 3 is 2.50 bits per heavy atom. The molecule has 0 saturated heterocycles. The van der Waals surface area contributed by atoms with E-state index >= 15 is 0 Å². The number of aryl methyl sites for hydroxylation is 1. The van der Waals surface area contributed by atoms with Gasteiger partial charge in [0.15, 0.2) is 0 Å². The smallest absolute Gasteiger partial charge is 0.257 e. The van der Waals surface area contributed by atoms with Crippen LogP contribution in [0.5, 0.6) is 0 Å². The maximum Gasteiger partial charge on any atom is 0.257 e. The van der Waals surface area contributed by atoms with Crippen molar-refractivity contribution in [1.82, 2.24) is 9.78 Å². The molecule has 0 unspecified atom stereocenters. The molecule has 0 aliphatic carbocycles. The third kappa shape index (κ3) is 2.76. The summed E-state index contributed by atoms with van der Waals surface area (Å²) in [5.74, 6) is -1.77. The Kier molecular flexibility index (Phi) is 3.97. The van der Waals surface area contributed by atoms with Gasteiger partial charge < -0.3 is 10.6 Å². The monoisotopic (exact) mass is 280 g/mol. The Morgan fingerprint density at radius 2 is 2.00 bits per heavy atom. The summed E-state index contributed by atoms with van der Waals surface area (Å²) in [6.07, 6.45) is 1.51. The van der Waals surface area contributed by atoms with E-state index in [0.29, 0.717) is 12.4 Å². The summed E-state index contributed by atoms with van der Waals surface area (Å²) in [6.45, 7) is 2.11. The van der Waals surface area contributed by atoms with Crippen LogP contribution in [0.1, 0.15) is 17.3 Å². The molecule has 7 heteroatoms. The number of aromatic nitrogens is 2. The summed E-state index contributed by atoms with van der Waals surface area (Å²) in [5.41, 5.74) is -0.326. The topological polar surface area (TPSA) is 59.0 Å². The first-order chi connectivity index (χ1) is 9.52. The molecule has 1 aromatic heterocycles. The molecule has 0 atom stereocenters. The number of nitrogens with zero attached hydrogens (tertiary/aromatic N) is 2. The minimum absolute atomic E-state index is 0.0946. The molecule has 106 valence electrons. The fourth-order valence-corrected chi connectivity index (χ4v) is 1.73. The second-order valence-corrected chi connectivity index (χ2v) is 4.14. The van der Waals surface area contributed by atoms with Gasteiger partial charge in [0, 0.05) is 25.2 Å². The fourth-order valence-electron chi connectivity index (χ4n) is 1.73. The van der Waals surface area contributed by atoms with E-state index < -0.39 is 17.5 Å². The van der Waals surface area contributed by atoms with E-state index in [9.17, 15) is 13.6 Å². The number of carbonyl (C=O) groups excluding carboxylic acids is 1. The van der Waals surface area contributed by atoms with Gasteiger partial charge in [-0.25, -0.2) is 8.78 Å². The van der Waals surface area contributed by atoms with Gasteiger partial charge in [0.25, 0.3) is 5.91 Å². The lowest BCUT2D eigenvalue weighted by atomic mass is 10.1. The van der Waals surface area contributed by atoms with E-state index in [1.807, 2.05) is 0 Å². The minimum Gasteiger partial charge on any atom is -0.381 e. The summed E-state index contributed by atoms with van der Waals surface area (Å²) in [6, 6.07) is 3.57. The van der Waals surface area contributed by atoms with Crippen LogP contribution in [0.25, 0.3) is 0 Å². The Labute approximate surface area is 114 Å². The van der Waals surface area contributed by atoms with Crippen LogP contribution in [0.4, 0.5) is 20.3 Å². The molecule has 2 N–H and O–H groups in total. The molecular formula is C13H14F2N4O. The van der Waals surface area contributed by atoms with Crippen molar-refractivity contribution in [3.8, 4) is 0 Å². The van der Waals surface area contributed by atoms with E-state index in [4.69, 9.17) is 0 Å². The number of amides is 1. The van der Waals surface area contributed by atoms with Gasteiger partial charge in [0.1, 0.15) is 23.1 Å². The van der Waals surface area contributed by atoms with Crippen LogP contribution >= 0.6 is 0 Å².